The normalized spacial score (nSPS) is 20.4. The second kappa shape index (κ2) is 10.6. The topological polar surface area (TPSA) is 63.7 Å². The van der Waals surface area contributed by atoms with E-state index < -0.39 is 0 Å². The molecule has 3 aliphatic heterocycles. The highest BCUT2D eigenvalue weighted by Gasteiger charge is 2.24. The van der Waals surface area contributed by atoms with E-state index in [-0.39, 0.29) is 5.91 Å². The highest BCUT2D eigenvalue weighted by molar-refractivity contribution is 5.80. The van der Waals surface area contributed by atoms with E-state index in [1.165, 1.54) is 11.3 Å². The molecule has 0 aromatic heterocycles. The molecule has 3 heterocycles. The second-order valence-electron chi connectivity index (χ2n) is 8.20. The molecule has 31 heavy (non-hydrogen) atoms. The number of nitrogens with zero attached hydrogens (tertiary/aromatic N) is 5. The molecule has 0 aliphatic carbocycles. The van der Waals surface area contributed by atoms with Crippen molar-refractivity contribution in [3.05, 3.63) is 42.0 Å². The van der Waals surface area contributed by atoms with Crippen LogP contribution in [-0.2, 0) is 16.1 Å². The third-order valence-electron chi connectivity index (χ3n) is 6.18. The summed E-state index contributed by atoms with van der Waals surface area (Å²) in [6.45, 7) is 9.46. The van der Waals surface area contributed by atoms with E-state index in [0.717, 1.165) is 51.8 Å². The Kier molecular flexibility index (Phi) is 7.43. The Labute approximate surface area is 185 Å². The number of anilines is 1. The van der Waals surface area contributed by atoms with Crippen molar-refractivity contribution < 1.29 is 9.53 Å². The summed E-state index contributed by atoms with van der Waals surface area (Å²) in [5.74, 6) is 1.14. The molecule has 0 saturated carbocycles. The van der Waals surface area contributed by atoms with E-state index in [1.807, 2.05) is 11.9 Å². The minimum Gasteiger partial charge on any atom is -0.378 e. The van der Waals surface area contributed by atoms with Crippen molar-refractivity contribution in [2.45, 2.75) is 6.54 Å². The highest BCUT2D eigenvalue weighted by Crippen LogP contribution is 2.17. The van der Waals surface area contributed by atoms with Gasteiger partial charge in [0.25, 0.3) is 0 Å². The fourth-order valence-corrected chi connectivity index (χ4v) is 4.25. The smallest absolute Gasteiger partial charge is 0.236 e. The zero-order chi connectivity index (χ0) is 21.5. The Morgan fingerprint density at radius 3 is 2.29 bits per heavy atom. The predicted octanol–water partition coefficient (Wildman–Crippen LogP) is 0.615. The molecule has 8 heteroatoms. The van der Waals surface area contributed by atoms with Crippen molar-refractivity contribution in [2.75, 3.05) is 84.1 Å². The van der Waals surface area contributed by atoms with Gasteiger partial charge in [0.15, 0.2) is 5.96 Å². The number of aliphatic imine (C=N–C) groups is 1. The number of rotatable bonds is 5. The largest absolute Gasteiger partial charge is 0.378 e. The summed E-state index contributed by atoms with van der Waals surface area (Å²) in [7, 11) is 1.83. The molecule has 2 fully saturated rings. The third kappa shape index (κ3) is 5.77. The molecule has 1 N–H and O–H groups in total. The van der Waals surface area contributed by atoms with E-state index in [1.54, 1.807) is 0 Å². The second-order valence-corrected chi connectivity index (χ2v) is 8.20. The van der Waals surface area contributed by atoms with Crippen LogP contribution in [0.1, 0.15) is 5.56 Å². The summed E-state index contributed by atoms with van der Waals surface area (Å²) >= 11 is 0. The van der Waals surface area contributed by atoms with Crippen LogP contribution < -0.4 is 10.2 Å². The van der Waals surface area contributed by atoms with Gasteiger partial charge in [0.05, 0.1) is 19.8 Å². The van der Waals surface area contributed by atoms with Gasteiger partial charge in [-0.3, -0.25) is 14.7 Å². The van der Waals surface area contributed by atoms with Crippen molar-refractivity contribution in [2.24, 2.45) is 4.99 Å². The van der Waals surface area contributed by atoms with Gasteiger partial charge in [-0.2, -0.15) is 0 Å². The van der Waals surface area contributed by atoms with Gasteiger partial charge in [-0.05, 0) is 17.7 Å². The maximum absolute atomic E-state index is 12.5. The first-order valence-electron chi connectivity index (χ1n) is 11.3. The van der Waals surface area contributed by atoms with Crippen LogP contribution in [0.25, 0.3) is 0 Å². The van der Waals surface area contributed by atoms with E-state index in [0.29, 0.717) is 32.8 Å². The summed E-state index contributed by atoms with van der Waals surface area (Å²) in [5, 5.41) is 3.49. The number of nitrogens with one attached hydrogen (secondary N) is 1. The SMILES string of the molecule is CN=C(NCc1ccc(N2CC=CC2)cc1)N1CCN(CC(=O)N2CCOCC2)CC1. The number of hydrogen-bond acceptors (Lipinski definition) is 5. The van der Waals surface area contributed by atoms with Crippen molar-refractivity contribution in [1.29, 1.82) is 0 Å². The zero-order valence-corrected chi connectivity index (χ0v) is 18.5. The molecule has 0 radical (unpaired) electrons. The van der Waals surface area contributed by atoms with Gasteiger partial charge in [0.2, 0.25) is 5.91 Å². The van der Waals surface area contributed by atoms with Crippen molar-refractivity contribution in [3.63, 3.8) is 0 Å². The van der Waals surface area contributed by atoms with Gasteiger partial charge < -0.3 is 24.8 Å². The number of hydrogen-bond donors (Lipinski definition) is 1. The Morgan fingerprint density at radius 2 is 1.65 bits per heavy atom. The molecule has 1 aromatic rings. The van der Waals surface area contributed by atoms with E-state index >= 15 is 0 Å². The van der Waals surface area contributed by atoms with Crippen LogP contribution >= 0.6 is 0 Å². The Bertz CT molecular complexity index is 772. The minimum absolute atomic E-state index is 0.215. The quantitative estimate of drug-likeness (QED) is 0.423. The lowest BCUT2D eigenvalue weighted by molar-refractivity contribution is -0.136. The van der Waals surface area contributed by atoms with Crippen molar-refractivity contribution in [1.82, 2.24) is 20.0 Å². The van der Waals surface area contributed by atoms with Crippen LogP contribution in [0.2, 0.25) is 0 Å². The van der Waals surface area contributed by atoms with Gasteiger partial charge in [-0.15, -0.1) is 0 Å². The van der Waals surface area contributed by atoms with Crippen molar-refractivity contribution >= 4 is 17.6 Å². The monoisotopic (exact) mass is 426 g/mol. The summed E-state index contributed by atoms with van der Waals surface area (Å²) in [5.41, 5.74) is 2.51. The van der Waals surface area contributed by atoms with Crippen LogP contribution in [0.5, 0.6) is 0 Å². The molecular formula is C23H34N6O2. The first-order valence-corrected chi connectivity index (χ1v) is 11.3. The molecule has 2 saturated heterocycles. The molecule has 0 bridgehead atoms. The number of carbonyl (C=O) groups is 1. The Hall–Kier alpha value is -2.58. The number of ether oxygens (including phenoxy) is 1. The standard InChI is InChI=1S/C23H34N6O2/c1-24-23(25-18-20-4-6-21(7-5-20)27-8-2-3-9-27)29-12-10-26(11-13-29)19-22(30)28-14-16-31-17-15-28/h2-7H,8-19H2,1H3,(H,24,25). The molecule has 168 valence electrons. The van der Waals surface area contributed by atoms with Crippen LogP contribution in [0.4, 0.5) is 5.69 Å². The van der Waals surface area contributed by atoms with Gasteiger partial charge >= 0.3 is 0 Å². The van der Waals surface area contributed by atoms with Crippen LogP contribution in [0.15, 0.2) is 41.4 Å². The number of carbonyl (C=O) groups excluding carboxylic acids is 1. The minimum atomic E-state index is 0.215. The van der Waals surface area contributed by atoms with Gasteiger partial charge in [0, 0.05) is 71.6 Å². The van der Waals surface area contributed by atoms with E-state index in [4.69, 9.17) is 4.74 Å². The number of piperazine rings is 1. The highest BCUT2D eigenvalue weighted by atomic mass is 16.5. The molecule has 8 nitrogen and oxygen atoms in total. The first kappa shape index (κ1) is 21.6. The maximum Gasteiger partial charge on any atom is 0.236 e. The van der Waals surface area contributed by atoms with Crippen molar-refractivity contribution in [3.8, 4) is 0 Å². The summed E-state index contributed by atoms with van der Waals surface area (Å²) in [4.78, 5) is 25.7. The molecule has 4 rings (SSSR count). The van der Waals surface area contributed by atoms with Crippen LogP contribution in [0.3, 0.4) is 0 Å². The number of guanidine groups is 1. The molecule has 1 aromatic carbocycles. The lowest BCUT2D eigenvalue weighted by atomic mass is 10.2. The predicted molar refractivity (Wildman–Crippen MR) is 123 cm³/mol. The summed E-state index contributed by atoms with van der Waals surface area (Å²) < 4.78 is 5.34. The summed E-state index contributed by atoms with van der Waals surface area (Å²) in [6.07, 6.45) is 4.41. The Balaban J connectivity index is 1.20. The van der Waals surface area contributed by atoms with Crippen LogP contribution in [0, 0.1) is 0 Å². The fraction of sp³-hybridized carbons (Fsp3) is 0.565. The molecule has 0 atom stereocenters. The van der Waals surface area contributed by atoms with Crippen LogP contribution in [-0.4, -0.2) is 106 Å². The molecule has 0 unspecified atom stereocenters. The van der Waals surface area contributed by atoms with E-state index in [2.05, 4.69) is 61.4 Å². The number of benzene rings is 1. The molecule has 1 amide bonds. The zero-order valence-electron chi connectivity index (χ0n) is 18.5. The van der Waals surface area contributed by atoms with Gasteiger partial charge in [0.1, 0.15) is 0 Å². The molecule has 3 aliphatic rings. The molecule has 0 spiro atoms. The van der Waals surface area contributed by atoms with E-state index in [9.17, 15) is 4.79 Å². The lowest BCUT2D eigenvalue weighted by Gasteiger charge is -2.37. The Morgan fingerprint density at radius 1 is 0.968 bits per heavy atom. The number of amides is 1. The lowest BCUT2D eigenvalue weighted by Crippen LogP contribution is -2.54. The third-order valence-corrected chi connectivity index (χ3v) is 6.18. The van der Waals surface area contributed by atoms with Gasteiger partial charge in [-0.25, -0.2) is 0 Å². The summed E-state index contributed by atoms with van der Waals surface area (Å²) in [6, 6.07) is 8.75. The van der Waals surface area contributed by atoms with Gasteiger partial charge in [-0.1, -0.05) is 24.3 Å². The fourth-order valence-electron chi connectivity index (χ4n) is 4.25. The average Bonchev–Trinajstić information content (AvgIpc) is 3.36. The first-order chi connectivity index (χ1) is 15.2. The number of morpholine rings is 1. The maximum atomic E-state index is 12.5. The molecular weight excluding hydrogens is 392 g/mol. The average molecular weight is 427 g/mol.